The number of Topliss-reactive ketones (excluding diaryl/α,β-unsaturated/α-hetero) is 1. The maximum Gasteiger partial charge on any atom is 0.303 e. The normalized spacial score (nSPS) is 31.1. The van der Waals surface area contributed by atoms with Crippen LogP contribution in [0.25, 0.3) is 0 Å². The average Bonchev–Trinajstić information content (AvgIpc) is 2.90. The van der Waals surface area contributed by atoms with Crippen molar-refractivity contribution in [1.29, 1.82) is 0 Å². The number of aliphatic hydroxyl groups is 2. The first-order chi connectivity index (χ1) is 12.7. The molecule has 0 aromatic heterocycles. The zero-order valence-electron chi connectivity index (χ0n) is 15.5. The van der Waals surface area contributed by atoms with Crippen LogP contribution in [-0.2, 0) is 14.3 Å². The van der Waals surface area contributed by atoms with Crippen LogP contribution in [0.3, 0.4) is 0 Å². The van der Waals surface area contributed by atoms with E-state index in [9.17, 15) is 23.5 Å². The minimum absolute atomic E-state index is 0.00143. The van der Waals surface area contributed by atoms with Crippen molar-refractivity contribution in [2.75, 3.05) is 6.61 Å². The second-order valence-electron chi connectivity index (χ2n) is 7.80. The van der Waals surface area contributed by atoms with Crippen LogP contribution < -0.4 is 0 Å². The van der Waals surface area contributed by atoms with E-state index in [-0.39, 0.29) is 49.9 Å². The second kappa shape index (κ2) is 9.39. The average molecular weight is 392 g/mol. The fourth-order valence-electron chi connectivity index (χ4n) is 4.32. The molecular formula is C19H30F2O6. The highest BCUT2D eigenvalue weighted by Crippen LogP contribution is 2.49. The minimum atomic E-state index is -3.47. The molecule has 0 aromatic carbocycles. The summed E-state index contributed by atoms with van der Waals surface area (Å²) >= 11 is 0. The van der Waals surface area contributed by atoms with E-state index in [0.29, 0.717) is 19.3 Å². The molecule has 4 atom stereocenters. The van der Waals surface area contributed by atoms with Crippen molar-refractivity contribution in [1.82, 2.24) is 0 Å². The van der Waals surface area contributed by atoms with E-state index in [1.807, 2.05) is 0 Å². The number of halogens is 2. The number of carbonyl (C=O) groups is 2. The second-order valence-corrected chi connectivity index (χ2v) is 7.80. The fraction of sp³-hybridized carbons (Fsp3) is 0.895. The molecule has 0 radical (unpaired) electrons. The van der Waals surface area contributed by atoms with Crippen molar-refractivity contribution in [2.45, 2.75) is 88.4 Å². The summed E-state index contributed by atoms with van der Waals surface area (Å²) in [5.41, 5.74) is 0. The maximum atomic E-state index is 14.3. The van der Waals surface area contributed by atoms with Gasteiger partial charge < -0.3 is 20.1 Å². The first kappa shape index (κ1) is 22.2. The molecule has 1 heterocycles. The molecule has 0 unspecified atom stereocenters. The molecule has 1 aliphatic carbocycles. The molecule has 0 aromatic rings. The van der Waals surface area contributed by atoms with Gasteiger partial charge >= 0.3 is 11.9 Å². The van der Waals surface area contributed by atoms with Gasteiger partial charge in [0, 0.05) is 38.2 Å². The first-order valence-corrected chi connectivity index (χ1v) is 9.83. The van der Waals surface area contributed by atoms with E-state index in [1.54, 1.807) is 0 Å². The van der Waals surface area contributed by atoms with E-state index in [1.165, 1.54) is 0 Å². The monoisotopic (exact) mass is 392 g/mol. The highest BCUT2D eigenvalue weighted by Gasteiger charge is 2.59. The summed E-state index contributed by atoms with van der Waals surface area (Å²) in [6.45, 7) is -0.384. The molecule has 27 heavy (non-hydrogen) atoms. The predicted molar refractivity (Wildman–Crippen MR) is 92.3 cm³/mol. The summed E-state index contributed by atoms with van der Waals surface area (Å²) in [6.07, 6.45) is 2.46. The molecule has 0 amide bonds. The van der Waals surface area contributed by atoms with E-state index in [0.717, 1.165) is 19.3 Å². The number of alkyl halides is 2. The van der Waals surface area contributed by atoms with Crippen LogP contribution in [0, 0.1) is 11.8 Å². The molecule has 156 valence electrons. The lowest BCUT2D eigenvalue weighted by molar-refractivity contribution is -0.356. The molecule has 2 aliphatic rings. The molecule has 0 bridgehead atoms. The Morgan fingerprint density at radius 1 is 1.22 bits per heavy atom. The number of carboxylic acids is 1. The third-order valence-electron chi connectivity index (χ3n) is 5.85. The van der Waals surface area contributed by atoms with Gasteiger partial charge in [-0.15, -0.1) is 0 Å². The molecule has 2 fully saturated rings. The third kappa shape index (κ3) is 5.45. The lowest BCUT2D eigenvalue weighted by Crippen LogP contribution is -2.56. The number of hydrogen-bond acceptors (Lipinski definition) is 5. The van der Waals surface area contributed by atoms with Gasteiger partial charge in [-0.2, -0.15) is 0 Å². The van der Waals surface area contributed by atoms with Gasteiger partial charge in [0.1, 0.15) is 5.78 Å². The Labute approximate surface area is 157 Å². The van der Waals surface area contributed by atoms with Crippen LogP contribution in [-0.4, -0.2) is 51.5 Å². The molecule has 6 nitrogen and oxygen atoms in total. The fourth-order valence-corrected chi connectivity index (χ4v) is 4.32. The number of aliphatic carboxylic acids is 1. The summed E-state index contributed by atoms with van der Waals surface area (Å²) in [5, 5.41) is 27.7. The van der Waals surface area contributed by atoms with E-state index >= 15 is 0 Å². The number of ketones is 1. The number of hydrogen-bond donors (Lipinski definition) is 3. The third-order valence-corrected chi connectivity index (χ3v) is 5.85. The van der Waals surface area contributed by atoms with Crippen molar-refractivity contribution in [3.8, 4) is 0 Å². The number of unbranched alkanes of at least 4 members (excludes halogenated alkanes) is 3. The zero-order chi connectivity index (χ0) is 20.1. The van der Waals surface area contributed by atoms with Crippen molar-refractivity contribution >= 4 is 11.8 Å². The van der Waals surface area contributed by atoms with Gasteiger partial charge in [-0.3, -0.25) is 9.59 Å². The molecule has 3 N–H and O–H groups in total. The van der Waals surface area contributed by atoms with Crippen LogP contribution in [0.4, 0.5) is 8.78 Å². The standard InChI is InChI=1S/C19H30F2O6/c20-18(21,9-5-11-22)19(26)10-8-14-13(15(23)12-16(14)27-19)6-3-1-2-4-7-17(24)25/h13-14,16,22,26H,1-12H2,(H,24,25)/t13-,14-,16-,19-/m1/s1. The van der Waals surface area contributed by atoms with Crippen LogP contribution in [0.1, 0.15) is 70.6 Å². The van der Waals surface area contributed by atoms with E-state index in [4.69, 9.17) is 14.9 Å². The Kier molecular flexibility index (Phi) is 7.71. The van der Waals surface area contributed by atoms with E-state index < -0.39 is 30.2 Å². The highest BCUT2D eigenvalue weighted by atomic mass is 19.3. The predicted octanol–water partition coefficient (Wildman–Crippen LogP) is 2.89. The van der Waals surface area contributed by atoms with Crippen molar-refractivity contribution in [3.05, 3.63) is 0 Å². The molecule has 2 rings (SSSR count). The molecule has 8 heteroatoms. The Morgan fingerprint density at radius 2 is 1.93 bits per heavy atom. The number of aliphatic hydroxyl groups excluding tert-OH is 1. The quantitative estimate of drug-likeness (QED) is 0.467. The van der Waals surface area contributed by atoms with Gasteiger partial charge in [-0.05, 0) is 31.6 Å². The summed E-state index contributed by atoms with van der Waals surface area (Å²) < 4.78 is 34.0. The van der Waals surface area contributed by atoms with Gasteiger partial charge in [0.25, 0.3) is 0 Å². The number of fused-ring (bicyclic) bond motifs is 1. The smallest absolute Gasteiger partial charge is 0.303 e. The Balaban J connectivity index is 1.84. The summed E-state index contributed by atoms with van der Waals surface area (Å²) in [6, 6.07) is 0. The lowest BCUT2D eigenvalue weighted by Gasteiger charge is -2.43. The Bertz CT molecular complexity index is 526. The van der Waals surface area contributed by atoms with Crippen LogP contribution in [0.5, 0.6) is 0 Å². The first-order valence-electron chi connectivity index (χ1n) is 9.83. The van der Waals surface area contributed by atoms with Gasteiger partial charge in [0.2, 0.25) is 5.79 Å². The lowest BCUT2D eigenvalue weighted by atomic mass is 9.81. The number of ether oxygens (including phenoxy) is 1. The molecule has 1 saturated carbocycles. The van der Waals surface area contributed by atoms with Crippen LogP contribution in [0.2, 0.25) is 0 Å². The number of carbonyl (C=O) groups excluding carboxylic acids is 1. The van der Waals surface area contributed by atoms with Crippen molar-refractivity contribution in [3.63, 3.8) is 0 Å². The van der Waals surface area contributed by atoms with Gasteiger partial charge in [0.15, 0.2) is 0 Å². The highest BCUT2D eigenvalue weighted by molar-refractivity contribution is 5.84. The van der Waals surface area contributed by atoms with Crippen molar-refractivity contribution < 1.29 is 38.4 Å². The zero-order valence-corrected chi connectivity index (χ0v) is 15.5. The Hall–Kier alpha value is -1.12. The molecule has 1 aliphatic heterocycles. The van der Waals surface area contributed by atoms with Crippen molar-refractivity contribution in [2.24, 2.45) is 11.8 Å². The summed E-state index contributed by atoms with van der Waals surface area (Å²) in [7, 11) is 0. The molecule has 1 saturated heterocycles. The number of carboxylic acid groups (broad SMARTS) is 1. The van der Waals surface area contributed by atoms with Crippen LogP contribution >= 0.6 is 0 Å². The topological polar surface area (TPSA) is 104 Å². The molecule has 0 spiro atoms. The van der Waals surface area contributed by atoms with E-state index in [2.05, 4.69) is 0 Å². The SMILES string of the molecule is O=C(O)CCCCCC[C@H]1C(=O)C[C@H]2O[C@@](O)(C(F)(F)CCCO)CC[C@@H]21. The summed E-state index contributed by atoms with van der Waals surface area (Å²) in [5.74, 6) is -7.23. The minimum Gasteiger partial charge on any atom is -0.481 e. The maximum absolute atomic E-state index is 14.3. The Morgan fingerprint density at radius 3 is 2.59 bits per heavy atom. The van der Waals surface area contributed by atoms with Gasteiger partial charge in [-0.1, -0.05) is 19.3 Å². The van der Waals surface area contributed by atoms with Gasteiger partial charge in [-0.25, -0.2) is 8.78 Å². The number of rotatable bonds is 11. The largest absolute Gasteiger partial charge is 0.481 e. The van der Waals surface area contributed by atoms with Gasteiger partial charge in [0.05, 0.1) is 6.10 Å². The summed E-state index contributed by atoms with van der Waals surface area (Å²) in [4.78, 5) is 22.8. The van der Waals surface area contributed by atoms with Crippen LogP contribution in [0.15, 0.2) is 0 Å². The molecular weight excluding hydrogens is 362 g/mol.